The molecule has 0 aliphatic heterocycles. The molecule has 0 unspecified atom stereocenters. The number of carbonyl (C=O) groups excluding carboxylic acids is 1. The Bertz CT molecular complexity index is 643. The van der Waals surface area contributed by atoms with Crippen LogP contribution in [0.25, 0.3) is 0 Å². The Morgan fingerprint density at radius 1 is 1.21 bits per heavy atom. The maximum absolute atomic E-state index is 12.3. The van der Waals surface area contributed by atoms with E-state index in [2.05, 4.69) is 10.6 Å². The van der Waals surface area contributed by atoms with E-state index in [4.69, 9.17) is 9.47 Å². The molecule has 1 saturated carbocycles. The van der Waals surface area contributed by atoms with E-state index in [0.29, 0.717) is 23.2 Å². The van der Waals surface area contributed by atoms with E-state index in [9.17, 15) is 10.1 Å². The minimum Gasteiger partial charge on any atom is -0.493 e. The van der Waals surface area contributed by atoms with Crippen molar-refractivity contribution in [1.82, 2.24) is 5.32 Å². The highest BCUT2D eigenvalue weighted by molar-refractivity contribution is 6.06. The molecule has 1 aromatic rings. The Hall–Kier alpha value is -2.68. The van der Waals surface area contributed by atoms with Crippen molar-refractivity contribution in [2.24, 2.45) is 0 Å². The fraction of sp³-hybridized carbons (Fsp3) is 0.444. The summed E-state index contributed by atoms with van der Waals surface area (Å²) in [5.74, 6) is 0.636. The number of anilines is 1. The van der Waals surface area contributed by atoms with Crippen molar-refractivity contribution in [1.29, 1.82) is 5.26 Å². The molecule has 6 heteroatoms. The maximum Gasteiger partial charge on any atom is 0.267 e. The second-order valence-electron chi connectivity index (χ2n) is 5.70. The second kappa shape index (κ2) is 8.82. The Balaban J connectivity index is 2.02. The molecule has 0 heterocycles. The predicted molar refractivity (Wildman–Crippen MR) is 91.9 cm³/mol. The van der Waals surface area contributed by atoms with E-state index >= 15 is 0 Å². The summed E-state index contributed by atoms with van der Waals surface area (Å²) in [7, 11) is 3.07. The molecule has 0 spiro atoms. The Labute approximate surface area is 142 Å². The number of nitriles is 1. The van der Waals surface area contributed by atoms with Gasteiger partial charge < -0.3 is 20.1 Å². The number of amides is 1. The summed E-state index contributed by atoms with van der Waals surface area (Å²) in [6.45, 7) is 0. The molecule has 1 fully saturated rings. The van der Waals surface area contributed by atoms with Gasteiger partial charge in [0, 0.05) is 24.0 Å². The van der Waals surface area contributed by atoms with Crippen LogP contribution in [0.4, 0.5) is 5.69 Å². The molecule has 0 radical (unpaired) electrons. The molecular weight excluding hydrogens is 306 g/mol. The maximum atomic E-state index is 12.3. The molecule has 128 valence electrons. The van der Waals surface area contributed by atoms with Gasteiger partial charge in [0.2, 0.25) is 0 Å². The lowest BCUT2D eigenvalue weighted by Gasteiger charge is -2.21. The van der Waals surface area contributed by atoms with Gasteiger partial charge in [0.05, 0.1) is 14.2 Å². The highest BCUT2D eigenvalue weighted by atomic mass is 16.5. The van der Waals surface area contributed by atoms with Gasteiger partial charge in [-0.2, -0.15) is 5.26 Å². The number of methoxy groups -OCH3 is 2. The SMILES string of the molecule is COc1ccc(NC(=O)/C(C#N)=C\NC2CCCCC2)cc1OC. The average molecular weight is 329 g/mol. The van der Waals surface area contributed by atoms with E-state index in [1.165, 1.54) is 32.6 Å². The van der Waals surface area contributed by atoms with Crippen molar-refractivity contribution in [3.05, 3.63) is 30.0 Å². The first-order chi connectivity index (χ1) is 11.7. The summed E-state index contributed by atoms with van der Waals surface area (Å²) >= 11 is 0. The van der Waals surface area contributed by atoms with Crippen molar-refractivity contribution >= 4 is 11.6 Å². The predicted octanol–water partition coefficient (Wildman–Crippen LogP) is 2.97. The number of benzene rings is 1. The lowest BCUT2D eigenvalue weighted by Crippen LogP contribution is -2.28. The fourth-order valence-corrected chi connectivity index (χ4v) is 2.73. The van der Waals surface area contributed by atoms with Gasteiger partial charge >= 0.3 is 0 Å². The molecule has 6 nitrogen and oxygen atoms in total. The van der Waals surface area contributed by atoms with Crippen LogP contribution < -0.4 is 20.1 Å². The third-order valence-corrected chi connectivity index (χ3v) is 4.08. The van der Waals surface area contributed by atoms with Crippen LogP contribution in [-0.4, -0.2) is 26.2 Å². The largest absolute Gasteiger partial charge is 0.493 e. The summed E-state index contributed by atoms with van der Waals surface area (Å²) in [5.41, 5.74) is 0.590. The zero-order valence-electron chi connectivity index (χ0n) is 14.1. The topological polar surface area (TPSA) is 83.4 Å². The van der Waals surface area contributed by atoms with Crippen molar-refractivity contribution in [3.8, 4) is 17.6 Å². The molecule has 2 rings (SSSR count). The molecule has 1 amide bonds. The second-order valence-corrected chi connectivity index (χ2v) is 5.70. The zero-order valence-corrected chi connectivity index (χ0v) is 14.1. The monoisotopic (exact) mass is 329 g/mol. The summed E-state index contributed by atoms with van der Waals surface area (Å²) in [5, 5.41) is 15.1. The molecule has 0 bridgehead atoms. The first kappa shape index (κ1) is 17.7. The molecule has 0 atom stereocenters. The first-order valence-electron chi connectivity index (χ1n) is 8.07. The first-order valence-corrected chi connectivity index (χ1v) is 8.07. The van der Waals surface area contributed by atoms with Gasteiger partial charge in [0.1, 0.15) is 11.6 Å². The summed E-state index contributed by atoms with van der Waals surface area (Å²) in [4.78, 5) is 12.3. The van der Waals surface area contributed by atoms with Gasteiger partial charge in [-0.15, -0.1) is 0 Å². The number of nitrogens with zero attached hydrogens (tertiary/aromatic N) is 1. The van der Waals surface area contributed by atoms with Gasteiger partial charge in [0.25, 0.3) is 5.91 Å². The summed E-state index contributed by atoms with van der Waals surface area (Å²) < 4.78 is 10.4. The molecular formula is C18H23N3O3. The van der Waals surface area contributed by atoms with Crippen molar-refractivity contribution < 1.29 is 14.3 Å². The van der Waals surface area contributed by atoms with Gasteiger partial charge in [0.15, 0.2) is 11.5 Å². The molecule has 1 aliphatic carbocycles. The van der Waals surface area contributed by atoms with Crippen LogP contribution in [0.2, 0.25) is 0 Å². The quantitative estimate of drug-likeness (QED) is 0.619. The van der Waals surface area contributed by atoms with E-state index < -0.39 is 5.91 Å². The van der Waals surface area contributed by atoms with Crippen molar-refractivity contribution in [2.75, 3.05) is 19.5 Å². The minimum absolute atomic E-state index is 0.0513. The van der Waals surface area contributed by atoms with Gasteiger partial charge in [-0.25, -0.2) is 0 Å². The van der Waals surface area contributed by atoms with Gasteiger partial charge in [-0.05, 0) is 25.0 Å². The molecule has 24 heavy (non-hydrogen) atoms. The van der Waals surface area contributed by atoms with E-state index in [0.717, 1.165) is 12.8 Å². The Morgan fingerprint density at radius 3 is 2.54 bits per heavy atom. The minimum atomic E-state index is -0.451. The molecule has 2 N–H and O–H groups in total. The molecule has 0 saturated heterocycles. The highest BCUT2D eigenvalue weighted by Crippen LogP contribution is 2.29. The van der Waals surface area contributed by atoms with Gasteiger partial charge in [-0.1, -0.05) is 19.3 Å². The summed E-state index contributed by atoms with van der Waals surface area (Å²) in [6, 6.07) is 7.34. The molecule has 1 aromatic carbocycles. The summed E-state index contributed by atoms with van der Waals surface area (Å²) in [6.07, 6.45) is 7.30. The van der Waals surface area contributed by atoms with Crippen LogP contribution in [-0.2, 0) is 4.79 Å². The standard InChI is InChI=1S/C18H23N3O3/c1-23-16-9-8-15(10-17(16)24-2)21-18(22)13(11-19)12-20-14-6-4-3-5-7-14/h8-10,12,14,20H,3-7H2,1-2H3,(H,21,22)/b13-12-. The van der Waals surface area contributed by atoms with E-state index in [1.54, 1.807) is 25.3 Å². The van der Waals surface area contributed by atoms with Crippen LogP contribution in [0.1, 0.15) is 32.1 Å². The van der Waals surface area contributed by atoms with E-state index in [1.807, 2.05) is 6.07 Å². The number of ether oxygens (including phenoxy) is 2. The Kier molecular flexibility index (Phi) is 6.50. The third kappa shape index (κ3) is 4.66. The Morgan fingerprint density at radius 2 is 1.92 bits per heavy atom. The smallest absolute Gasteiger partial charge is 0.267 e. The highest BCUT2D eigenvalue weighted by Gasteiger charge is 2.14. The van der Waals surface area contributed by atoms with Crippen LogP contribution >= 0.6 is 0 Å². The number of carbonyl (C=O) groups is 1. The number of hydrogen-bond acceptors (Lipinski definition) is 5. The normalized spacial score (nSPS) is 15.3. The number of hydrogen-bond donors (Lipinski definition) is 2. The number of nitrogens with one attached hydrogen (secondary N) is 2. The molecule has 1 aliphatic rings. The zero-order chi connectivity index (χ0) is 17.4. The number of rotatable bonds is 6. The third-order valence-electron chi connectivity index (χ3n) is 4.08. The van der Waals surface area contributed by atoms with Crippen molar-refractivity contribution in [2.45, 2.75) is 38.1 Å². The lowest BCUT2D eigenvalue weighted by atomic mass is 9.96. The van der Waals surface area contributed by atoms with Gasteiger partial charge in [-0.3, -0.25) is 4.79 Å². The van der Waals surface area contributed by atoms with Crippen LogP contribution in [0.3, 0.4) is 0 Å². The fourth-order valence-electron chi connectivity index (χ4n) is 2.73. The average Bonchev–Trinajstić information content (AvgIpc) is 2.63. The van der Waals surface area contributed by atoms with Crippen LogP contribution in [0.15, 0.2) is 30.0 Å². The van der Waals surface area contributed by atoms with Crippen LogP contribution in [0, 0.1) is 11.3 Å². The lowest BCUT2D eigenvalue weighted by molar-refractivity contribution is -0.112. The van der Waals surface area contributed by atoms with Crippen molar-refractivity contribution in [3.63, 3.8) is 0 Å². The molecule has 0 aromatic heterocycles. The van der Waals surface area contributed by atoms with E-state index in [-0.39, 0.29) is 5.57 Å². The van der Waals surface area contributed by atoms with Crippen LogP contribution in [0.5, 0.6) is 11.5 Å².